The zero-order valence-corrected chi connectivity index (χ0v) is 40.0. The van der Waals surface area contributed by atoms with Crippen LogP contribution in [0.15, 0.2) is 60.8 Å². The summed E-state index contributed by atoms with van der Waals surface area (Å²) in [6.45, 7) is 4.17. The first-order valence-electron chi connectivity index (χ1n) is 24.6. The Morgan fingerprint density at radius 3 is 1.40 bits per heavy atom. The third-order valence-corrected chi connectivity index (χ3v) is 12.1. The van der Waals surface area contributed by atoms with Crippen LogP contribution in [0.4, 0.5) is 0 Å². The van der Waals surface area contributed by atoms with Crippen LogP contribution >= 0.6 is 7.82 Å². The van der Waals surface area contributed by atoms with Gasteiger partial charge in [-0.3, -0.25) is 13.8 Å². The number of esters is 1. The quantitative estimate of drug-likeness (QED) is 0.0147. The Morgan fingerprint density at radius 2 is 0.905 bits per heavy atom. The number of hydrogen-bond donors (Lipinski definition) is 6. The average Bonchev–Trinajstić information content (AvgIpc) is 3.27. The van der Waals surface area contributed by atoms with Crippen LogP contribution in [0, 0.1) is 0 Å². The van der Waals surface area contributed by atoms with Gasteiger partial charge in [-0.05, 0) is 77.0 Å². The molecule has 1 saturated carbocycles. The van der Waals surface area contributed by atoms with Crippen molar-refractivity contribution in [3.05, 3.63) is 60.8 Å². The van der Waals surface area contributed by atoms with Crippen molar-refractivity contribution >= 4 is 13.8 Å². The van der Waals surface area contributed by atoms with Crippen LogP contribution in [-0.4, -0.2) is 98.9 Å². The fourth-order valence-corrected chi connectivity index (χ4v) is 8.12. The van der Waals surface area contributed by atoms with Crippen molar-refractivity contribution in [2.75, 3.05) is 19.8 Å². The number of ether oxygens (including phenoxy) is 2. The summed E-state index contributed by atoms with van der Waals surface area (Å²) in [6.07, 6.45) is 38.5. The maximum Gasteiger partial charge on any atom is 0.472 e. The summed E-state index contributed by atoms with van der Waals surface area (Å²) in [7, 11) is -5.03. The van der Waals surface area contributed by atoms with Crippen molar-refractivity contribution in [1.29, 1.82) is 0 Å². The summed E-state index contributed by atoms with van der Waals surface area (Å²) in [5.74, 6) is -0.495. The fourth-order valence-electron chi connectivity index (χ4n) is 7.14. The van der Waals surface area contributed by atoms with E-state index in [-0.39, 0.29) is 13.0 Å². The van der Waals surface area contributed by atoms with Crippen molar-refractivity contribution in [2.24, 2.45) is 0 Å². The van der Waals surface area contributed by atoms with Gasteiger partial charge < -0.3 is 39.9 Å². The molecule has 0 saturated heterocycles. The Labute approximate surface area is 381 Å². The molecule has 0 aromatic rings. The monoisotopic (exact) mass is 913 g/mol. The molecule has 6 unspecified atom stereocenters. The van der Waals surface area contributed by atoms with E-state index in [1.807, 2.05) is 0 Å². The minimum absolute atomic E-state index is 0.0917. The first-order chi connectivity index (χ1) is 30.5. The van der Waals surface area contributed by atoms with E-state index in [1.54, 1.807) is 0 Å². The lowest BCUT2D eigenvalue weighted by Gasteiger charge is -2.41. The van der Waals surface area contributed by atoms with Crippen LogP contribution in [0.3, 0.4) is 0 Å². The van der Waals surface area contributed by atoms with Crippen molar-refractivity contribution < 1.29 is 58.3 Å². The molecule has 0 spiro atoms. The number of hydrogen-bond acceptors (Lipinski definition) is 11. The third-order valence-electron chi connectivity index (χ3n) is 11.1. The molecule has 13 heteroatoms. The van der Waals surface area contributed by atoms with Crippen LogP contribution in [-0.2, 0) is 27.9 Å². The highest BCUT2D eigenvalue weighted by Crippen LogP contribution is 2.47. The fraction of sp³-hybridized carbons (Fsp3) is 0.780. The molecule has 366 valence electrons. The molecule has 6 atom stereocenters. The topological polar surface area (TPSA) is 192 Å². The van der Waals surface area contributed by atoms with Gasteiger partial charge in [0.15, 0.2) is 0 Å². The number of aliphatic hydroxyl groups is 5. The number of unbranched alkanes of at least 4 members (excludes halogenated alkanes) is 19. The van der Waals surface area contributed by atoms with Gasteiger partial charge in [0.1, 0.15) is 42.7 Å². The number of allylic oxidation sites excluding steroid dienone is 10. The lowest BCUT2D eigenvalue weighted by Crippen LogP contribution is -2.64. The standard InChI is InChI=1S/C50H89O12P/c1-3-5-7-9-11-13-15-17-19-20-21-22-23-24-25-27-29-31-33-35-37-39-44(51)61-43(42-60-63(57,58)62-50-48(55)46(53)45(52)47(54)49(50)56)41-59-40-38-36-34-32-30-28-26-18-16-14-12-10-8-6-4-2/h10,12,15-18,20-21,23-24,43,45-50,52-56H,3-9,11,13-14,19,22,25-42H2,1-2H3,(H,57,58)/b12-10-,17-15-,18-16-,21-20-,24-23-. The maximum atomic E-state index is 12.8. The molecule has 12 nitrogen and oxygen atoms in total. The third kappa shape index (κ3) is 32.4. The van der Waals surface area contributed by atoms with E-state index in [0.29, 0.717) is 13.0 Å². The molecular formula is C50H89O12P. The summed E-state index contributed by atoms with van der Waals surface area (Å²) in [6, 6.07) is 0. The van der Waals surface area contributed by atoms with Gasteiger partial charge in [0.05, 0.1) is 13.2 Å². The van der Waals surface area contributed by atoms with Crippen molar-refractivity contribution in [3.63, 3.8) is 0 Å². The predicted molar refractivity (Wildman–Crippen MR) is 253 cm³/mol. The van der Waals surface area contributed by atoms with Gasteiger partial charge in [-0.25, -0.2) is 4.57 Å². The molecule has 0 radical (unpaired) electrons. The molecule has 0 amide bonds. The first kappa shape index (κ1) is 59.1. The van der Waals surface area contributed by atoms with E-state index in [9.17, 15) is 39.8 Å². The molecule has 1 aliphatic rings. The average molecular weight is 913 g/mol. The minimum Gasteiger partial charge on any atom is -0.457 e. The second-order valence-electron chi connectivity index (χ2n) is 17.0. The Balaban J connectivity index is 2.38. The molecule has 0 bridgehead atoms. The summed E-state index contributed by atoms with van der Waals surface area (Å²) in [4.78, 5) is 23.2. The van der Waals surface area contributed by atoms with E-state index < -0.39 is 63.1 Å². The zero-order valence-electron chi connectivity index (χ0n) is 39.1. The molecule has 0 aromatic heterocycles. The van der Waals surface area contributed by atoms with Gasteiger partial charge >= 0.3 is 13.8 Å². The smallest absolute Gasteiger partial charge is 0.457 e. The van der Waals surface area contributed by atoms with Crippen LogP contribution in [0.25, 0.3) is 0 Å². The summed E-state index contributed by atoms with van der Waals surface area (Å²) in [5, 5.41) is 50.2. The van der Waals surface area contributed by atoms with E-state index in [4.69, 9.17) is 18.5 Å². The number of phosphoric acid groups is 1. The highest BCUT2D eigenvalue weighted by atomic mass is 31.2. The molecule has 1 fully saturated rings. The molecule has 0 aliphatic heterocycles. The van der Waals surface area contributed by atoms with E-state index in [2.05, 4.69) is 74.6 Å². The highest BCUT2D eigenvalue weighted by Gasteiger charge is 2.51. The Kier molecular flexibility index (Phi) is 37.8. The molecule has 1 rings (SSSR count). The first-order valence-corrected chi connectivity index (χ1v) is 26.1. The van der Waals surface area contributed by atoms with E-state index >= 15 is 0 Å². The van der Waals surface area contributed by atoms with E-state index in [0.717, 1.165) is 109 Å². The highest BCUT2D eigenvalue weighted by molar-refractivity contribution is 7.47. The van der Waals surface area contributed by atoms with Gasteiger partial charge in [0.2, 0.25) is 0 Å². The van der Waals surface area contributed by atoms with Crippen molar-refractivity contribution in [1.82, 2.24) is 0 Å². The Morgan fingerprint density at radius 1 is 0.508 bits per heavy atom. The zero-order chi connectivity index (χ0) is 46.2. The lowest BCUT2D eigenvalue weighted by molar-refractivity contribution is -0.220. The summed E-state index contributed by atoms with van der Waals surface area (Å²) >= 11 is 0. The van der Waals surface area contributed by atoms with Crippen LogP contribution in [0.1, 0.15) is 187 Å². The van der Waals surface area contributed by atoms with Crippen LogP contribution in [0.2, 0.25) is 0 Å². The lowest BCUT2D eigenvalue weighted by atomic mass is 9.85. The minimum atomic E-state index is -5.03. The Bertz CT molecular complexity index is 1270. The summed E-state index contributed by atoms with van der Waals surface area (Å²) in [5.41, 5.74) is 0. The van der Waals surface area contributed by atoms with Gasteiger partial charge in [0.25, 0.3) is 0 Å². The largest absolute Gasteiger partial charge is 0.472 e. The molecule has 6 N–H and O–H groups in total. The second-order valence-corrected chi connectivity index (χ2v) is 18.4. The van der Waals surface area contributed by atoms with Gasteiger partial charge in [-0.1, -0.05) is 164 Å². The molecule has 1 aliphatic carbocycles. The van der Waals surface area contributed by atoms with Crippen molar-refractivity contribution in [2.45, 2.75) is 230 Å². The molecular weight excluding hydrogens is 824 g/mol. The van der Waals surface area contributed by atoms with Crippen molar-refractivity contribution in [3.8, 4) is 0 Å². The number of aliphatic hydroxyl groups excluding tert-OH is 5. The second kappa shape index (κ2) is 40.3. The number of phosphoric ester groups is 1. The predicted octanol–water partition coefficient (Wildman–Crippen LogP) is 10.6. The SMILES string of the molecule is CCCC/C=C\C/C=C\CCCCCCCCOCC(COP(=O)(O)OC1C(O)C(O)C(O)C(O)C1O)OC(=O)CCCCCCCC/C=C\C/C=C\C/C=C\CCCCCCC. The van der Waals surface area contributed by atoms with Gasteiger partial charge in [-0.15, -0.1) is 0 Å². The summed E-state index contributed by atoms with van der Waals surface area (Å²) < 4.78 is 34.2. The van der Waals surface area contributed by atoms with Gasteiger partial charge in [-0.2, -0.15) is 0 Å². The van der Waals surface area contributed by atoms with Gasteiger partial charge in [0, 0.05) is 13.0 Å². The number of rotatable bonds is 41. The van der Waals surface area contributed by atoms with Crippen LogP contribution < -0.4 is 0 Å². The molecule has 0 aromatic carbocycles. The number of carbonyl (C=O) groups excluding carboxylic acids is 1. The van der Waals surface area contributed by atoms with Crippen LogP contribution in [0.5, 0.6) is 0 Å². The van der Waals surface area contributed by atoms with E-state index in [1.165, 1.54) is 51.4 Å². The maximum absolute atomic E-state index is 12.8. The molecule has 63 heavy (non-hydrogen) atoms. The normalized spacial score (nSPS) is 22.3. The Hall–Kier alpha value is -1.96. The number of carbonyl (C=O) groups is 1. The molecule has 0 heterocycles.